The van der Waals surface area contributed by atoms with Crippen LogP contribution < -0.4 is 15.4 Å². The number of benzene rings is 4. The summed E-state index contributed by atoms with van der Waals surface area (Å²) in [6, 6.07) is 31.7. The number of carbonyl (C=O) groups excluding carboxylic acids is 1. The molecule has 4 aromatic rings. The first-order chi connectivity index (χ1) is 17.1. The molecule has 4 rings (SSSR count). The highest BCUT2D eigenvalue weighted by Gasteiger charge is 2.09. The van der Waals surface area contributed by atoms with E-state index in [0.717, 1.165) is 46.6 Å². The zero-order valence-corrected chi connectivity index (χ0v) is 22.9. The van der Waals surface area contributed by atoms with Crippen LogP contribution in [-0.2, 0) is 19.5 Å². The van der Waals surface area contributed by atoms with Crippen molar-refractivity contribution in [2.45, 2.75) is 19.5 Å². The molecule has 6 heteroatoms. The fourth-order valence-electron chi connectivity index (χ4n) is 3.58. The molecule has 1 amide bonds. The van der Waals surface area contributed by atoms with Crippen molar-refractivity contribution in [3.8, 4) is 11.5 Å². The Labute approximate surface area is 228 Å². The number of ether oxygens (including phenoxy) is 1. The predicted octanol–water partition coefficient (Wildman–Crippen LogP) is 7.11. The Hall–Kier alpha value is -2.68. The van der Waals surface area contributed by atoms with E-state index in [2.05, 4.69) is 67.4 Å². The summed E-state index contributed by atoms with van der Waals surface area (Å²) in [7, 11) is 0. The number of hydrogen-bond donors (Lipinski definition) is 2. The van der Waals surface area contributed by atoms with Crippen molar-refractivity contribution in [2.75, 3.05) is 6.54 Å². The maximum atomic E-state index is 12.6. The summed E-state index contributed by atoms with van der Waals surface area (Å²) >= 11 is 5.97. The molecule has 0 fully saturated rings. The van der Waals surface area contributed by atoms with Crippen LogP contribution in [0.15, 0.2) is 102 Å². The van der Waals surface area contributed by atoms with E-state index >= 15 is 0 Å². The molecule has 4 aromatic carbocycles. The Morgan fingerprint density at radius 3 is 2.23 bits per heavy atom. The van der Waals surface area contributed by atoms with Gasteiger partial charge < -0.3 is 15.4 Å². The molecule has 4 nitrogen and oxygen atoms in total. The van der Waals surface area contributed by atoms with E-state index in [-0.39, 0.29) is 5.91 Å². The van der Waals surface area contributed by atoms with Gasteiger partial charge in [0.05, 0.1) is 0 Å². The summed E-state index contributed by atoms with van der Waals surface area (Å²) in [5.41, 5.74) is 4.18. The molecule has 0 bridgehead atoms. The Morgan fingerprint density at radius 1 is 0.800 bits per heavy atom. The number of halogens is 2. The van der Waals surface area contributed by atoms with Crippen molar-refractivity contribution in [1.82, 2.24) is 10.6 Å². The van der Waals surface area contributed by atoms with Gasteiger partial charge >= 0.3 is 0 Å². The Morgan fingerprint density at radius 2 is 1.49 bits per heavy atom. The smallest absolute Gasteiger partial charge is 0.251 e. The molecule has 0 saturated heterocycles. The second-order valence-electron chi connectivity index (χ2n) is 8.07. The van der Waals surface area contributed by atoms with Crippen LogP contribution in [0.1, 0.15) is 27.0 Å². The van der Waals surface area contributed by atoms with Crippen molar-refractivity contribution < 1.29 is 9.53 Å². The van der Waals surface area contributed by atoms with Crippen molar-refractivity contribution in [3.05, 3.63) is 127 Å². The van der Waals surface area contributed by atoms with Gasteiger partial charge in [-0.15, -0.1) is 0 Å². The van der Waals surface area contributed by atoms with Gasteiger partial charge in [0.15, 0.2) is 0 Å². The lowest BCUT2D eigenvalue weighted by atomic mass is 10.1. The summed E-state index contributed by atoms with van der Waals surface area (Å²) in [6.07, 6.45) is 0.749. The fourth-order valence-corrected chi connectivity index (χ4v) is 4.67. The molecule has 2 N–H and O–H groups in total. The Balaban J connectivity index is 1.23. The van der Waals surface area contributed by atoms with Gasteiger partial charge in [-0.2, -0.15) is 0 Å². The number of carbonyl (C=O) groups is 1. The van der Waals surface area contributed by atoms with Crippen LogP contribution in [0.4, 0.5) is 0 Å². The van der Waals surface area contributed by atoms with Gasteiger partial charge in [0.2, 0.25) is 0 Å². The third-order valence-corrected chi connectivity index (χ3v) is 7.30. The van der Waals surface area contributed by atoms with Gasteiger partial charge in [-0.05, 0) is 88.2 Å². The highest BCUT2D eigenvalue weighted by Crippen LogP contribution is 2.22. The van der Waals surface area contributed by atoms with Crippen LogP contribution in [0.2, 0.25) is 0 Å². The minimum atomic E-state index is -0.0759. The second kappa shape index (κ2) is 12.9. The standard InChI is InChI=1S/C29H26BrIN2O2/c30-27-18-22(12-13-23(27)19-32-20-24-6-4-5-9-28(24)31)29(34)33-17-16-21-10-14-26(15-11-21)35-25-7-2-1-3-8-25/h1-15,18,32H,16-17,19-20H2,(H,33,34). The molecule has 0 saturated carbocycles. The van der Waals surface area contributed by atoms with Crippen molar-refractivity contribution >= 4 is 44.4 Å². The third-order valence-electron chi connectivity index (χ3n) is 5.51. The monoisotopic (exact) mass is 640 g/mol. The third kappa shape index (κ3) is 7.65. The minimum absolute atomic E-state index is 0.0759. The molecule has 0 aliphatic carbocycles. The zero-order chi connectivity index (χ0) is 24.5. The number of para-hydroxylation sites is 1. The van der Waals surface area contributed by atoms with Crippen LogP contribution in [0, 0.1) is 3.57 Å². The SMILES string of the molecule is O=C(NCCc1ccc(Oc2ccccc2)cc1)c1ccc(CNCc2ccccc2I)c(Br)c1. The predicted molar refractivity (Wildman–Crippen MR) is 153 cm³/mol. The summed E-state index contributed by atoms with van der Waals surface area (Å²) in [6.45, 7) is 2.08. The van der Waals surface area contributed by atoms with Crippen molar-refractivity contribution in [3.63, 3.8) is 0 Å². The zero-order valence-electron chi connectivity index (χ0n) is 19.1. The first kappa shape index (κ1) is 25.4. The number of amides is 1. The average Bonchev–Trinajstić information content (AvgIpc) is 2.87. The van der Waals surface area contributed by atoms with E-state index in [4.69, 9.17) is 4.74 Å². The van der Waals surface area contributed by atoms with Gasteiger partial charge in [0, 0.05) is 33.2 Å². The summed E-state index contributed by atoms with van der Waals surface area (Å²) < 4.78 is 8.00. The first-order valence-corrected chi connectivity index (χ1v) is 13.3. The second-order valence-corrected chi connectivity index (χ2v) is 10.1. The van der Waals surface area contributed by atoms with Gasteiger partial charge in [-0.1, -0.05) is 70.5 Å². The van der Waals surface area contributed by atoms with Gasteiger partial charge in [0.1, 0.15) is 11.5 Å². The normalized spacial score (nSPS) is 10.7. The van der Waals surface area contributed by atoms with E-state index in [0.29, 0.717) is 12.1 Å². The minimum Gasteiger partial charge on any atom is -0.457 e. The molecule has 0 spiro atoms. The summed E-state index contributed by atoms with van der Waals surface area (Å²) in [4.78, 5) is 12.6. The molecule has 0 unspecified atom stereocenters. The molecule has 178 valence electrons. The number of nitrogens with one attached hydrogen (secondary N) is 2. The highest BCUT2D eigenvalue weighted by atomic mass is 127. The Bertz CT molecular complexity index is 1260. The quantitative estimate of drug-likeness (QED) is 0.182. The van der Waals surface area contributed by atoms with Gasteiger partial charge in [-0.25, -0.2) is 0 Å². The Kier molecular flexibility index (Phi) is 9.34. The van der Waals surface area contributed by atoms with Gasteiger partial charge in [0.25, 0.3) is 5.91 Å². The van der Waals surface area contributed by atoms with E-state index in [1.807, 2.05) is 78.9 Å². The number of rotatable bonds is 10. The molecule has 0 radical (unpaired) electrons. The average molecular weight is 641 g/mol. The van der Waals surface area contributed by atoms with Crippen LogP contribution >= 0.6 is 38.5 Å². The lowest BCUT2D eigenvalue weighted by molar-refractivity contribution is 0.0954. The highest BCUT2D eigenvalue weighted by molar-refractivity contribution is 14.1. The van der Waals surface area contributed by atoms with E-state index < -0.39 is 0 Å². The van der Waals surface area contributed by atoms with Crippen molar-refractivity contribution in [1.29, 1.82) is 0 Å². The molecular formula is C29H26BrIN2O2. The van der Waals surface area contributed by atoms with Crippen LogP contribution in [0.3, 0.4) is 0 Å². The molecule has 0 atom stereocenters. The molecular weight excluding hydrogens is 615 g/mol. The lowest BCUT2D eigenvalue weighted by Crippen LogP contribution is -2.25. The topological polar surface area (TPSA) is 50.4 Å². The van der Waals surface area contributed by atoms with Gasteiger partial charge in [-0.3, -0.25) is 4.79 Å². The lowest BCUT2D eigenvalue weighted by Gasteiger charge is -2.11. The molecule has 0 aliphatic heterocycles. The molecule has 0 aliphatic rings. The number of hydrogen-bond acceptors (Lipinski definition) is 3. The largest absolute Gasteiger partial charge is 0.457 e. The maximum Gasteiger partial charge on any atom is 0.251 e. The fraction of sp³-hybridized carbons (Fsp3) is 0.138. The van der Waals surface area contributed by atoms with E-state index in [9.17, 15) is 4.79 Å². The summed E-state index contributed by atoms with van der Waals surface area (Å²) in [5, 5.41) is 6.49. The van der Waals surface area contributed by atoms with Crippen LogP contribution in [-0.4, -0.2) is 12.5 Å². The van der Waals surface area contributed by atoms with E-state index in [1.165, 1.54) is 9.13 Å². The maximum absolute atomic E-state index is 12.6. The van der Waals surface area contributed by atoms with Crippen molar-refractivity contribution in [2.24, 2.45) is 0 Å². The first-order valence-electron chi connectivity index (χ1n) is 11.4. The van der Waals surface area contributed by atoms with E-state index in [1.54, 1.807) is 0 Å². The van der Waals surface area contributed by atoms with Crippen LogP contribution in [0.5, 0.6) is 11.5 Å². The molecule has 35 heavy (non-hydrogen) atoms. The molecule has 0 heterocycles. The summed E-state index contributed by atoms with van der Waals surface area (Å²) in [5.74, 6) is 1.53. The molecule has 0 aromatic heterocycles. The van der Waals surface area contributed by atoms with Crippen LogP contribution in [0.25, 0.3) is 0 Å².